The second-order valence-corrected chi connectivity index (χ2v) is 5.13. The van der Waals surface area contributed by atoms with Crippen molar-refractivity contribution in [2.24, 2.45) is 10.2 Å². The molecule has 0 spiro atoms. The number of benzene rings is 3. The lowest BCUT2D eigenvalue weighted by Crippen LogP contribution is -2.05. The average Bonchev–Trinajstić information content (AvgIpc) is 2.54. The van der Waals surface area contributed by atoms with Crippen molar-refractivity contribution < 1.29 is 18.3 Å². The number of nitrogen functional groups attached to an aromatic ring is 1. The number of halogens is 3. The SMILES string of the molecule is Nc1cc(C(F)(F)F)ccc1N=Nc1c(O)ccc2ccccc12. The first-order chi connectivity index (χ1) is 11.4. The third-order valence-corrected chi connectivity index (χ3v) is 3.49. The van der Waals surface area contributed by atoms with Crippen LogP contribution in [0.5, 0.6) is 5.75 Å². The topological polar surface area (TPSA) is 71.0 Å². The molecule has 0 saturated carbocycles. The molecule has 122 valence electrons. The van der Waals surface area contributed by atoms with Crippen molar-refractivity contribution in [3.63, 3.8) is 0 Å². The molecule has 0 aromatic heterocycles. The molecule has 0 aliphatic rings. The van der Waals surface area contributed by atoms with Crippen LogP contribution in [0.3, 0.4) is 0 Å². The highest BCUT2D eigenvalue weighted by atomic mass is 19.4. The Labute approximate surface area is 135 Å². The number of phenolic OH excluding ortho intramolecular Hbond substituents is 1. The Morgan fingerprint density at radius 3 is 2.38 bits per heavy atom. The minimum Gasteiger partial charge on any atom is -0.506 e. The smallest absolute Gasteiger partial charge is 0.416 e. The van der Waals surface area contributed by atoms with Crippen LogP contribution >= 0.6 is 0 Å². The Kier molecular flexibility index (Phi) is 3.84. The van der Waals surface area contributed by atoms with Crippen LogP contribution in [0.25, 0.3) is 10.8 Å². The Morgan fingerprint density at radius 1 is 0.917 bits per heavy atom. The third-order valence-electron chi connectivity index (χ3n) is 3.49. The summed E-state index contributed by atoms with van der Waals surface area (Å²) in [6.07, 6.45) is -4.47. The van der Waals surface area contributed by atoms with Crippen LogP contribution in [0.1, 0.15) is 5.56 Å². The number of hydrogen-bond donors (Lipinski definition) is 2. The van der Waals surface area contributed by atoms with Crippen molar-refractivity contribution in [3.05, 3.63) is 60.2 Å². The maximum absolute atomic E-state index is 12.6. The van der Waals surface area contributed by atoms with E-state index < -0.39 is 11.7 Å². The molecule has 3 rings (SSSR count). The van der Waals surface area contributed by atoms with Gasteiger partial charge in [0, 0.05) is 5.39 Å². The van der Waals surface area contributed by atoms with E-state index in [9.17, 15) is 18.3 Å². The summed E-state index contributed by atoms with van der Waals surface area (Å²) in [6.45, 7) is 0. The minimum absolute atomic E-state index is 0.0806. The molecule has 7 heteroatoms. The summed E-state index contributed by atoms with van der Waals surface area (Å²) in [5.74, 6) is -0.0806. The van der Waals surface area contributed by atoms with Gasteiger partial charge in [0.25, 0.3) is 0 Å². The molecule has 3 N–H and O–H groups in total. The van der Waals surface area contributed by atoms with Crippen LogP contribution in [0.4, 0.5) is 30.2 Å². The molecule has 24 heavy (non-hydrogen) atoms. The zero-order valence-corrected chi connectivity index (χ0v) is 12.2. The van der Waals surface area contributed by atoms with E-state index in [4.69, 9.17) is 5.73 Å². The van der Waals surface area contributed by atoms with Gasteiger partial charge in [0.05, 0.1) is 11.3 Å². The quantitative estimate of drug-likeness (QED) is 0.476. The largest absolute Gasteiger partial charge is 0.506 e. The van der Waals surface area contributed by atoms with Gasteiger partial charge in [-0.15, -0.1) is 10.2 Å². The van der Waals surface area contributed by atoms with Gasteiger partial charge in [0.2, 0.25) is 0 Å². The van der Waals surface area contributed by atoms with Crippen molar-refractivity contribution in [2.75, 3.05) is 5.73 Å². The van der Waals surface area contributed by atoms with Gasteiger partial charge in [0.15, 0.2) is 0 Å². The highest BCUT2D eigenvalue weighted by Gasteiger charge is 2.30. The van der Waals surface area contributed by atoms with Crippen molar-refractivity contribution in [2.45, 2.75) is 6.18 Å². The number of nitrogens with zero attached hydrogens (tertiary/aromatic N) is 2. The van der Waals surface area contributed by atoms with E-state index in [2.05, 4.69) is 10.2 Å². The molecule has 0 unspecified atom stereocenters. The second-order valence-electron chi connectivity index (χ2n) is 5.13. The van der Waals surface area contributed by atoms with Gasteiger partial charge in [-0.1, -0.05) is 30.3 Å². The molecule has 3 aromatic carbocycles. The monoisotopic (exact) mass is 331 g/mol. The fraction of sp³-hybridized carbons (Fsp3) is 0.0588. The Balaban J connectivity index is 2.02. The number of fused-ring (bicyclic) bond motifs is 1. The van der Waals surface area contributed by atoms with E-state index in [0.717, 1.165) is 23.6 Å². The normalized spacial score (nSPS) is 12.1. The van der Waals surface area contributed by atoms with Crippen LogP contribution in [0.2, 0.25) is 0 Å². The fourth-order valence-corrected chi connectivity index (χ4v) is 2.27. The summed E-state index contributed by atoms with van der Waals surface area (Å²) in [5.41, 5.74) is 4.94. The van der Waals surface area contributed by atoms with Gasteiger partial charge in [-0.2, -0.15) is 13.2 Å². The van der Waals surface area contributed by atoms with Crippen molar-refractivity contribution in [1.82, 2.24) is 0 Å². The predicted molar refractivity (Wildman–Crippen MR) is 85.6 cm³/mol. The highest BCUT2D eigenvalue weighted by Crippen LogP contribution is 2.38. The molecule has 0 amide bonds. The van der Waals surface area contributed by atoms with Gasteiger partial charge in [-0.3, -0.25) is 0 Å². The first-order valence-electron chi connectivity index (χ1n) is 6.95. The molecule has 0 fully saturated rings. The van der Waals surface area contributed by atoms with Gasteiger partial charge in [0.1, 0.15) is 17.1 Å². The van der Waals surface area contributed by atoms with E-state index in [-0.39, 0.29) is 22.8 Å². The summed E-state index contributed by atoms with van der Waals surface area (Å²) in [5, 5.41) is 19.4. The fourth-order valence-electron chi connectivity index (χ4n) is 2.27. The van der Waals surface area contributed by atoms with E-state index in [1.807, 2.05) is 12.1 Å². The number of aromatic hydroxyl groups is 1. The van der Waals surface area contributed by atoms with Crippen LogP contribution in [-0.2, 0) is 6.18 Å². The molecule has 3 aromatic rings. The van der Waals surface area contributed by atoms with Crippen molar-refractivity contribution in [3.8, 4) is 5.75 Å². The lowest BCUT2D eigenvalue weighted by Gasteiger charge is -2.08. The zero-order chi connectivity index (χ0) is 17.3. The molecule has 0 saturated heterocycles. The average molecular weight is 331 g/mol. The van der Waals surface area contributed by atoms with Gasteiger partial charge in [-0.05, 0) is 29.7 Å². The Bertz CT molecular complexity index is 936. The third kappa shape index (κ3) is 3.01. The summed E-state index contributed by atoms with van der Waals surface area (Å²) < 4.78 is 37.9. The van der Waals surface area contributed by atoms with E-state index >= 15 is 0 Å². The van der Waals surface area contributed by atoms with Crippen LogP contribution < -0.4 is 5.73 Å². The van der Waals surface area contributed by atoms with E-state index in [0.29, 0.717) is 5.39 Å². The number of hydrogen-bond acceptors (Lipinski definition) is 4. The molecular formula is C17H12F3N3O. The molecule has 4 nitrogen and oxygen atoms in total. The lowest BCUT2D eigenvalue weighted by atomic mass is 10.1. The molecule has 0 bridgehead atoms. The molecular weight excluding hydrogens is 319 g/mol. The standard InChI is InChI=1S/C17H12F3N3O/c18-17(19,20)11-6-7-14(13(21)9-11)22-23-16-12-4-2-1-3-10(12)5-8-15(16)24/h1-9,24H,21H2. The first kappa shape index (κ1) is 15.8. The van der Waals surface area contributed by atoms with E-state index in [1.165, 1.54) is 6.07 Å². The number of azo groups is 1. The van der Waals surface area contributed by atoms with Gasteiger partial charge >= 0.3 is 6.18 Å². The lowest BCUT2D eigenvalue weighted by molar-refractivity contribution is -0.137. The van der Waals surface area contributed by atoms with Crippen molar-refractivity contribution in [1.29, 1.82) is 0 Å². The van der Waals surface area contributed by atoms with Gasteiger partial charge < -0.3 is 10.8 Å². The zero-order valence-electron chi connectivity index (χ0n) is 12.2. The number of alkyl halides is 3. The Morgan fingerprint density at radius 2 is 1.67 bits per heavy atom. The maximum atomic E-state index is 12.6. The van der Waals surface area contributed by atoms with Gasteiger partial charge in [-0.25, -0.2) is 0 Å². The van der Waals surface area contributed by atoms with E-state index in [1.54, 1.807) is 18.2 Å². The maximum Gasteiger partial charge on any atom is 0.416 e. The van der Waals surface area contributed by atoms with Crippen LogP contribution in [0, 0.1) is 0 Å². The molecule has 0 atom stereocenters. The number of rotatable bonds is 2. The van der Waals surface area contributed by atoms with Crippen molar-refractivity contribution >= 4 is 27.8 Å². The number of phenols is 1. The summed E-state index contributed by atoms with van der Waals surface area (Å²) in [7, 11) is 0. The summed E-state index contributed by atoms with van der Waals surface area (Å²) in [6, 6.07) is 13.3. The molecule has 0 radical (unpaired) electrons. The number of nitrogens with two attached hydrogens (primary N) is 1. The summed E-state index contributed by atoms with van der Waals surface area (Å²) in [4.78, 5) is 0. The minimum atomic E-state index is -4.47. The first-order valence-corrected chi connectivity index (χ1v) is 6.95. The molecule has 0 aliphatic carbocycles. The second kappa shape index (κ2) is 5.84. The molecule has 0 heterocycles. The van der Waals surface area contributed by atoms with Crippen LogP contribution in [0.15, 0.2) is 64.8 Å². The van der Waals surface area contributed by atoms with Crippen LogP contribution in [-0.4, -0.2) is 5.11 Å². The predicted octanol–water partition coefficient (Wildman–Crippen LogP) is 5.56. The highest BCUT2D eigenvalue weighted by molar-refractivity contribution is 5.95. The summed E-state index contributed by atoms with van der Waals surface area (Å²) >= 11 is 0. The Hall–Kier alpha value is -3.09. The number of anilines is 1. The molecule has 0 aliphatic heterocycles.